The number of hydrogen-bond donors (Lipinski definition) is 1. The zero-order valence-electron chi connectivity index (χ0n) is 14.1. The second-order valence-corrected chi connectivity index (χ2v) is 7.35. The van der Waals surface area contributed by atoms with Gasteiger partial charge in [0.05, 0.1) is 11.7 Å². The summed E-state index contributed by atoms with van der Waals surface area (Å²) < 4.78 is 1.89. The highest BCUT2D eigenvalue weighted by Crippen LogP contribution is 2.42. The molecular formula is C16H22Cl2N6. The van der Waals surface area contributed by atoms with Gasteiger partial charge in [0.2, 0.25) is 0 Å². The van der Waals surface area contributed by atoms with E-state index < -0.39 is 0 Å². The second kappa shape index (κ2) is 6.76. The summed E-state index contributed by atoms with van der Waals surface area (Å²) in [6.07, 6.45) is 3.47. The summed E-state index contributed by atoms with van der Waals surface area (Å²) in [7, 11) is 0. The molecule has 1 unspecified atom stereocenters. The molecule has 8 heteroatoms. The van der Waals surface area contributed by atoms with Gasteiger partial charge in [0.15, 0.2) is 5.82 Å². The predicted molar refractivity (Wildman–Crippen MR) is 97.6 cm³/mol. The standard InChI is InChI=1S/C16H22Cl2N6/c1-9(2)7-24-14(18)12(10(3)22-24)11-5-4-6-23(11)16-13(17)15(19)20-8-21-16/h8-9,11H,4-7H2,1-3H3,(H2,19,20,21). The lowest BCUT2D eigenvalue weighted by Gasteiger charge is -2.26. The predicted octanol–water partition coefficient (Wildman–Crippen LogP) is 3.87. The molecule has 0 aliphatic carbocycles. The van der Waals surface area contributed by atoms with Crippen LogP contribution in [0.4, 0.5) is 11.6 Å². The van der Waals surface area contributed by atoms with Crippen LogP contribution in [-0.2, 0) is 6.54 Å². The lowest BCUT2D eigenvalue weighted by molar-refractivity contribution is 0.481. The Hall–Kier alpha value is -1.53. The van der Waals surface area contributed by atoms with E-state index >= 15 is 0 Å². The monoisotopic (exact) mass is 368 g/mol. The van der Waals surface area contributed by atoms with Gasteiger partial charge in [-0.2, -0.15) is 5.10 Å². The van der Waals surface area contributed by atoms with Crippen molar-refractivity contribution >= 4 is 34.8 Å². The van der Waals surface area contributed by atoms with Crippen molar-refractivity contribution in [3.8, 4) is 0 Å². The van der Waals surface area contributed by atoms with Crippen molar-refractivity contribution in [2.45, 2.75) is 46.2 Å². The van der Waals surface area contributed by atoms with Crippen LogP contribution in [0.15, 0.2) is 6.33 Å². The molecule has 0 radical (unpaired) electrons. The van der Waals surface area contributed by atoms with E-state index in [2.05, 4.69) is 33.8 Å². The Morgan fingerprint density at radius 3 is 2.79 bits per heavy atom. The molecule has 130 valence electrons. The average molecular weight is 369 g/mol. The molecule has 2 aromatic rings. The fourth-order valence-electron chi connectivity index (χ4n) is 3.31. The van der Waals surface area contributed by atoms with E-state index in [4.69, 9.17) is 28.9 Å². The van der Waals surface area contributed by atoms with Gasteiger partial charge in [0.25, 0.3) is 0 Å². The Balaban J connectivity index is 2.00. The molecule has 24 heavy (non-hydrogen) atoms. The minimum atomic E-state index is 0.102. The van der Waals surface area contributed by atoms with Crippen LogP contribution in [0.3, 0.4) is 0 Å². The van der Waals surface area contributed by atoms with Crippen LogP contribution in [0.1, 0.15) is 44.0 Å². The quantitative estimate of drug-likeness (QED) is 0.886. The number of aryl methyl sites for hydroxylation is 1. The summed E-state index contributed by atoms with van der Waals surface area (Å²) in [4.78, 5) is 10.5. The molecule has 0 saturated carbocycles. The molecule has 2 N–H and O–H groups in total. The largest absolute Gasteiger partial charge is 0.382 e. The zero-order chi connectivity index (χ0) is 17.4. The number of anilines is 2. The van der Waals surface area contributed by atoms with Gasteiger partial charge >= 0.3 is 0 Å². The molecular weight excluding hydrogens is 347 g/mol. The van der Waals surface area contributed by atoms with Gasteiger partial charge in [-0.05, 0) is 25.7 Å². The van der Waals surface area contributed by atoms with Gasteiger partial charge in [0, 0.05) is 18.7 Å². The lowest BCUT2D eigenvalue weighted by Crippen LogP contribution is -2.25. The van der Waals surface area contributed by atoms with E-state index in [-0.39, 0.29) is 6.04 Å². The van der Waals surface area contributed by atoms with E-state index in [9.17, 15) is 0 Å². The topological polar surface area (TPSA) is 72.9 Å². The molecule has 6 nitrogen and oxygen atoms in total. The molecule has 3 rings (SSSR count). The highest BCUT2D eigenvalue weighted by molar-refractivity contribution is 6.35. The van der Waals surface area contributed by atoms with Gasteiger partial charge in [-0.15, -0.1) is 0 Å². The van der Waals surface area contributed by atoms with Gasteiger partial charge in [-0.25, -0.2) is 9.97 Å². The summed E-state index contributed by atoms with van der Waals surface area (Å²) in [5.41, 5.74) is 7.85. The van der Waals surface area contributed by atoms with Crippen LogP contribution in [0.2, 0.25) is 10.2 Å². The van der Waals surface area contributed by atoms with Crippen LogP contribution in [0.5, 0.6) is 0 Å². The molecule has 1 saturated heterocycles. The lowest BCUT2D eigenvalue weighted by atomic mass is 10.1. The first-order chi connectivity index (χ1) is 11.4. The number of aromatic nitrogens is 4. The van der Waals surface area contributed by atoms with Gasteiger partial charge in [0.1, 0.15) is 22.3 Å². The third kappa shape index (κ3) is 3.05. The summed E-state index contributed by atoms with van der Waals surface area (Å²) in [6, 6.07) is 0.102. The number of halogens is 2. The van der Waals surface area contributed by atoms with E-state index in [1.165, 1.54) is 6.33 Å². The van der Waals surface area contributed by atoms with Crippen LogP contribution >= 0.6 is 23.2 Å². The van der Waals surface area contributed by atoms with Crippen molar-refractivity contribution in [3.63, 3.8) is 0 Å². The zero-order valence-corrected chi connectivity index (χ0v) is 15.6. The van der Waals surface area contributed by atoms with E-state index in [1.54, 1.807) is 0 Å². The van der Waals surface area contributed by atoms with Crippen LogP contribution in [0.25, 0.3) is 0 Å². The Morgan fingerprint density at radius 2 is 2.08 bits per heavy atom. The molecule has 1 aliphatic heterocycles. The van der Waals surface area contributed by atoms with Crippen molar-refractivity contribution in [2.24, 2.45) is 5.92 Å². The number of nitrogens with zero attached hydrogens (tertiary/aromatic N) is 5. The van der Waals surface area contributed by atoms with E-state index in [1.807, 2.05) is 11.6 Å². The Morgan fingerprint density at radius 1 is 1.33 bits per heavy atom. The van der Waals surface area contributed by atoms with Crippen molar-refractivity contribution in [1.82, 2.24) is 19.7 Å². The Labute approximate surface area is 152 Å². The summed E-state index contributed by atoms with van der Waals surface area (Å²) in [5, 5.41) is 5.73. The highest BCUT2D eigenvalue weighted by Gasteiger charge is 2.33. The summed E-state index contributed by atoms with van der Waals surface area (Å²) in [6.45, 7) is 7.96. The molecule has 3 heterocycles. The van der Waals surface area contributed by atoms with Crippen LogP contribution in [-0.4, -0.2) is 26.3 Å². The normalized spacial score (nSPS) is 17.9. The van der Waals surface area contributed by atoms with Gasteiger partial charge < -0.3 is 10.6 Å². The molecule has 0 amide bonds. The fraction of sp³-hybridized carbons (Fsp3) is 0.562. The Bertz CT molecular complexity index is 742. The van der Waals surface area contributed by atoms with Crippen LogP contribution < -0.4 is 10.6 Å². The maximum absolute atomic E-state index is 6.66. The summed E-state index contributed by atoms with van der Waals surface area (Å²) >= 11 is 13.0. The van der Waals surface area contributed by atoms with Crippen molar-refractivity contribution in [2.75, 3.05) is 17.2 Å². The number of hydrogen-bond acceptors (Lipinski definition) is 5. The molecule has 0 spiro atoms. The highest BCUT2D eigenvalue weighted by atomic mass is 35.5. The molecule has 2 aromatic heterocycles. The Kier molecular flexibility index (Phi) is 4.88. The maximum atomic E-state index is 6.66. The maximum Gasteiger partial charge on any atom is 0.153 e. The first-order valence-electron chi connectivity index (χ1n) is 8.15. The van der Waals surface area contributed by atoms with Crippen LogP contribution in [0, 0.1) is 12.8 Å². The van der Waals surface area contributed by atoms with Crippen molar-refractivity contribution in [3.05, 3.63) is 27.8 Å². The average Bonchev–Trinajstić information content (AvgIpc) is 3.07. The van der Waals surface area contributed by atoms with Crippen molar-refractivity contribution in [1.29, 1.82) is 0 Å². The molecule has 1 aliphatic rings. The number of rotatable bonds is 4. The van der Waals surface area contributed by atoms with E-state index in [0.29, 0.717) is 27.7 Å². The summed E-state index contributed by atoms with van der Waals surface area (Å²) in [5.74, 6) is 1.44. The van der Waals surface area contributed by atoms with Crippen molar-refractivity contribution < 1.29 is 0 Å². The number of nitrogen functional groups attached to an aromatic ring is 1. The fourth-order valence-corrected chi connectivity index (χ4v) is 3.88. The molecule has 1 atom stereocenters. The second-order valence-electron chi connectivity index (χ2n) is 6.61. The van der Waals surface area contributed by atoms with Gasteiger partial charge in [-0.1, -0.05) is 37.0 Å². The molecule has 0 aromatic carbocycles. The molecule has 1 fully saturated rings. The first kappa shape index (κ1) is 17.3. The third-order valence-corrected chi connectivity index (χ3v) is 5.06. The molecule has 0 bridgehead atoms. The third-order valence-electron chi connectivity index (χ3n) is 4.30. The van der Waals surface area contributed by atoms with Gasteiger partial charge in [-0.3, -0.25) is 4.68 Å². The SMILES string of the molecule is Cc1nn(CC(C)C)c(Cl)c1C1CCCN1c1ncnc(N)c1Cl. The minimum absolute atomic E-state index is 0.102. The smallest absolute Gasteiger partial charge is 0.153 e. The first-order valence-corrected chi connectivity index (χ1v) is 8.91. The van der Waals surface area contributed by atoms with E-state index in [0.717, 1.165) is 37.2 Å². The minimum Gasteiger partial charge on any atom is -0.382 e. The number of nitrogens with two attached hydrogens (primary N) is 1.